The number of aliphatic hydroxyl groups excluding tert-OH is 1. The van der Waals surface area contributed by atoms with Crippen LogP contribution in [0.5, 0.6) is 11.5 Å². The summed E-state index contributed by atoms with van der Waals surface area (Å²) in [4.78, 5) is 0. The lowest BCUT2D eigenvalue weighted by atomic mass is 10.3. The summed E-state index contributed by atoms with van der Waals surface area (Å²) in [5.74, 6) is 1.37. The Balaban J connectivity index is 2.27. The number of hydrogen-bond donors (Lipinski definition) is 2. The van der Waals surface area contributed by atoms with E-state index in [4.69, 9.17) is 9.47 Å². The van der Waals surface area contributed by atoms with E-state index in [1.54, 1.807) is 26.2 Å². The maximum Gasteiger partial charge on any atom is 0.161 e. The topological polar surface area (TPSA) is 84.9 Å². The van der Waals surface area contributed by atoms with Crippen LogP contribution in [-0.4, -0.2) is 57.9 Å². The molecule has 1 unspecified atom stereocenters. The van der Waals surface area contributed by atoms with Crippen molar-refractivity contribution < 1.29 is 23.0 Å². The fraction of sp³-hybridized carbons (Fsp3) is 0.571. The van der Waals surface area contributed by atoms with E-state index >= 15 is 0 Å². The molecular weight excluding hydrogens is 294 g/mol. The zero-order valence-corrected chi connectivity index (χ0v) is 13.2. The molecule has 1 aromatic rings. The number of para-hydroxylation sites is 2. The van der Waals surface area contributed by atoms with Crippen molar-refractivity contribution in [2.75, 3.05) is 38.3 Å². The second-order valence-corrected chi connectivity index (χ2v) is 7.03. The molecule has 0 radical (unpaired) electrons. The smallest absolute Gasteiger partial charge is 0.161 e. The average molecular weight is 317 g/mol. The van der Waals surface area contributed by atoms with E-state index in [0.717, 1.165) is 0 Å². The molecule has 0 aliphatic carbocycles. The van der Waals surface area contributed by atoms with Crippen molar-refractivity contribution in [2.45, 2.75) is 13.0 Å². The van der Waals surface area contributed by atoms with Crippen LogP contribution in [0, 0.1) is 0 Å². The summed E-state index contributed by atoms with van der Waals surface area (Å²) in [6, 6.07) is 7.18. The van der Waals surface area contributed by atoms with Gasteiger partial charge in [-0.15, -0.1) is 0 Å². The van der Waals surface area contributed by atoms with Gasteiger partial charge in [-0.3, -0.25) is 0 Å². The number of hydrogen-bond acceptors (Lipinski definition) is 6. The molecule has 0 bridgehead atoms. The quantitative estimate of drug-likeness (QED) is 0.610. The first-order valence-electron chi connectivity index (χ1n) is 6.83. The molecule has 1 atom stereocenters. The van der Waals surface area contributed by atoms with E-state index in [-0.39, 0.29) is 24.7 Å². The Morgan fingerprint density at radius 3 is 2.57 bits per heavy atom. The van der Waals surface area contributed by atoms with Crippen LogP contribution < -0.4 is 14.8 Å². The molecule has 0 saturated heterocycles. The minimum Gasteiger partial charge on any atom is -0.493 e. The molecule has 0 aromatic heterocycles. The van der Waals surface area contributed by atoms with Crippen LogP contribution in [0.1, 0.15) is 6.92 Å². The molecule has 0 fully saturated rings. The Labute approximate surface area is 126 Å². The van der Waals surface area contributed by atoms with E-state index in [9.17, 15) is 13.5 Å². The third kappa shape index (κ3) is 6.79. The van der Waals surface area contributed by atoms with Gasteiger partial charge in [-0.25, -0.2) is 8.42 Å². The van der Waals surface area contributed by atoms with Crippen molar-refractivity contribution in [3.8, 4) is 11.5 Å². The molecule has 1 rings (SSSR count). The van der Waals surface area contributed by atoms with Crippen molar-refractivity contribution in [2.24, 2.45) is 0 Å². The number of ether oxygens (including phenoxy) is 2. The molecule has 7 heteroatoms. The fourth-order valence-electron chi connectivity index (χ4n) is 1.62. The molecule has 21 heavy (non-hydrogen) atoms. The first-order valence-corrected chi connectivity index (χ1v) is 8.65. The van der Waals surface area contributed by atoms with Gasteiger partial charge in [0.1, 0.15) is 12.7 Å². The maximum atomic E-state index is 11.3. The molecule has 0 amide bonds. The van der Waals surface area contributed by atoms with E-state index in [0.29, 0.717) is 18.0 Å². The highest BCUT2D eigenvalue weighted by atomic mass is 32.2. The predicted octanol–water partition coefficient (Wildman–Crippen LogP) is 0.459. The zero-order valence-electron chi connectivity index (χ0n) is 12.4. The Morgan fingerprint density at radius 1 is 1.29 bits per heavy atom. The molecule has 6 nitrogen and oxygen atoms in total. The van der Waals surface area contributed by atoms with E-state index in [2.05, 4.69) is 5.32 Å². The van der Waals surface area contributed by atoms with E-state index in [1.807, 2.05) is 12.1 Å². The van der Waals surface area contributed by atoms with Gasteiger partial charge in [-0.05, 0) is 12.1 Å². The van der Waals surface area contributed by atoms with Crippen LogP contribution in [0.3, 0.4) is 0 Å². The number of nitrogens with one attached hydrogen (secondary N) is 1. The van der Waals surface area contributed by atoms with Crippen LogP contribution in [0.4, 0.5) is 0 Å². The summed E-state index contributed by atoms with van der Waals surface area (Å²) >= 11 is 0. The number of sulfone groups is 1. The normalized spacial score (nSPS) is 12.9. The predicted molar refractivity (Wildman–Crippen MR) is 81.7 cm³/mol. The van der Waals surface area contributed by atoms with Gasteiger partial charge in [-0.2, -0.15) is 0 Å². The highest BCUT2D eigenvalue weighted by molar-refractivity contribution is 7.91. The van der Waals surface area contributed by atoms with Gasteiger partial charge in [0, 0.05) is 18.8 Å². The minimum absolute atomic E-state index is 0.0730. The van der Waals surface area contributed by atoms with Gasteiger partial charge < -0.3 is 19.9 Å². The maximum absolute atomic E-state index is 11.3. The fourth-order valence-corrected chi connectivity index (χ4v) is 2.37. The number of aliphatic hydroxyl groups is 1. The molecule has 0 aliphatic heterocycles. The Kier molecular flexibility index (Phi) is 7.49. The van der Waals surface area contributed by atoms with Crippen molar-refractivity contribution >= 4 is 9.84 Å². The van der Waals surface area contributed by atoms with Crippen molar-refractivity contribution in [1.82, 2.24) is 5.32 Å². The monoisotopic (exact) mass is 317 g/mol. The van der Waals surface area contributed by atoms with Gasteiger partial charge in [-0.1, -0.05) is 19.1 Å². The van der Waals surface area contributed by atoms with Gasteiger partial charge >= 0.3 is 0 Å². The molecule has 0 heterocycles. The Morgan fingerprint density at radius 2 is 1.95 bits per heavy atom. The third-order valence-electron chi connectivity index (χ3n) is 2.91. The second-order valence-electron chi connectivity index (χ2n) is 4.56. The van der Waals surface area contributed by atoms with E-state index in [1.165, 1.54) is 0 Å². The van der Waals surface area contributed by atoms with Crippen molar-refractivity contribution in [1.29, 1.82) is 0 Å². The molecule has 1 aromatic carbocycles. The summed E-state index contributed by atoms with van der Waals surface area (Å²) in [6.45, 7) is 2.31. The summed E-state index contributed by atoms with van der Waals surface area (Å²) in [5.41, 5.74) is 0. The molecular formula is C14H23NO5S. The number of benzene rings is 1. The number of rotatable bonds is 10. The lowest BCUT2D eigenvalue weighted by molar-refractivity contribution is 0.105. The van der Waals surface area contributed by atoms with Gasteiger partial charge in [0.05, 0.1) is 12.9 Å². The first-order chi connectivity index (χ1) is 9.98. The zero-order chi connectivity index (χ0) is 15.7. The van der Waals surface area contributed by atoms with Gasteiger partial charge in [0.25, 0.3) is 0 Å². The molecule has 0 spiro atoms. The summed E-state index contributed by atoms with van der Waals surface area (Å²) < 4.78 is 33.2. The second kappa shape index (κ2) is 8.86. The highest BCUT2D eigenvalue weighted by Gasteiger charge is 2.10. The van der Waals surface area contributed by atoms with Crippen LogP contribution in [0.2, 0.25) is 0 Å². The standard InChI is InChI=1S/C14H23NO5S/c1-3-21(17,18)9-8-15-10-12(16)11-20-14-7-5-4-6-13(14)19-2/h4-7,12,15-16H,3,8-11H2,1-2H3. The Bertz CT molecular complexity index is 518. The SMILES string of the molecule is CCS(=O)(=O)CCNCC(O)COc1ccccc1OC. The molecule has 0 aliphatic rings. The number of methoxy groups -OCH3 is 1. The highest BCUT2D eigenvalue weighted by Crippen LogP contribution is 2.25. The van der Waals surface area contributed by atoms with E-state index < -0.39 is 15.9 Å². The minimum atomic E-state index is -2.97. The summed E-state index contributed by atoms with van der Waals surface area (Å²) in [5, 5.41) is 12.7. The van der Waals surface area contributed by atoms with Gasteiger partial charge in [0.15, 0.2) is 21.3 Å². The van der Waals surface area contributed by atoms with Gasteiger partial charge in [0.2, 0.25) is 0 Å². The molecule has 2 N–H and O–H groups in total. The van der Waals surface area contributed by atoms with Crippen molar-refractivity contribution in [3.63, 3.8) is 0 Å². The lowest BCUT2D eigenvalue weighted by Gasteiger charge is -2.14. The molecule has 120 valence electrons. The Hall–Kier alpha value is -1.31. The lowest BCUT2D eigenvalue weighted by Crippen LogP contribution is -2.34. The average Bonchev–Trinajstić information content (AvgIpc) is 2.49. The van der Waals surface area contributed by atoms with Crippen LogP contribution in [0.15, 0.2) is 24.3 Å². The first kappa shape index (κ1) is 17.7. The van der Waals surface area contributed by atoms with Crippen molar-refractivity contribution in [3.05, 3.63) is 24.3 Å². The summed E-state index contributed by atoms with van der Waals surface area (Å²) in [6.07, 6.45) is -0.723. The molecule has 0 saturated carbocycles. The largest absolute Gasteiger partial charge is 0.493 e. The van der Waals surface area contributed by atoms with Crippen LogP contribution in [-0.2, 0) is 9.84 Å². The third-order valence-corrected chi connectivity index (χ3v) is 4.62. The van der Waals surface area contributed by atoms with Crippen LogP contribution >= 0.6 is 0 Å². The summed E-state index contributed by atoms with van der Waals surface area (Å²) in [7, 11) is -1.42. The van der Waals surface area contributed by atoms with Crippen LogP contribution in [0.25, 0.3) is 0 Å².